The Labute approximate surface area is 104 Å². The van der Waals surface area contributed by atoms with Crippen molar-refractivity contribution >= 4 is 10.1 Å². The lowest BCUT2D eigenvalue weighted by Crippen LogP contribution is -2.02. The number of benzene rings is 1. The molecule has 1 aromatic rings. The van der Waals surface area contributed by atoms with Gasteiger partial charge in [0, 0.05) is 0 Å². The normalized spacial score (nSPS) is 11.7. The van der Waals surface area contributed by atoms with Crippen molar-refractivity contribution in [2.24, 2.45) is 0 Å². The molecule has 0 fully saturated rings. The van der Waals surface area contributed by atoms with Gasteiger partial charge in [0.2, 0.25) is 0 Å². The molecule has 0 aliphatic heterocycles. The first-order valence-electron chi connectivity index (χ1n) is 6.02. The summed E-state index contributed by atoms with van der Waals surface area (Å²) in [5.41, 5.74) is 1.56. The topological polar surface area (TPSA) is 54.4 Å². The van der Waals surface area contributed by atoms with E-state index in [1.165, 1.54) is 12.8 Å². The van der Waals surface area contributed by atoms with Gasteiger partial charge >= 0.3 is 0 Å². The van der Waals surface area contributed by atoms with Crippen molar-refractivity contribution < 1.29 is 13.0 Å². The zero-order chi connectivity index (χ0) is 12.9. The Balaban J connectivity index is 2.76. The molecule has 0 heterocycles. The van der Waals surface area contributed by atoms with Crippen LogP contribution in [0.25, 0.3) is 0 Å². The molecule has 0 spiro atoms. The van der Waals surface area contributed by atoms with Crippen LogP contribution in [0, 0.1) is 6.92 Å². The zero-order valence-corrected chi connectivity index (χ0v) is 11.3. The van der Waals surface area contributed by atoms with E-state index in [1.54, 1.807) is 19.1 Å². The van der Waals surface area contributed by atoms with Gasteiger partial charge in [0.15, 0.2) is 0 Å². The molecule has 0 aliphatic rings. The molecule has 0 bridgehead atoms. The van der Waals surface area contributed by atoms with E-state index in [1.807, 2.05) is 6.07 Å². The van der Waals surface area contributed by atoms with Gasteiger partial charge in [-0.3, -0.25) is 4.55 Å². The minimum Gasteiger partial charge on any atom is -0.282 e. The third-order valence-electron chi connectivity index (χ3n) is 2.85. The van der Waals surface area contributed by atoms with Crippen molar-refractivity contribution in [2.75, 3.05) is 0 Å². The van der Waals surface area contributed by atoms with Crippen LogP contribution < -0.4 is 0 Å². The number of rotatable bonds is 6. The summed E-state index contributed by atoms with van der Waals surface area (Å²) < 4.78 is 31.4. The van der Waals surface area contributed by atoms with Gasteiger partial charge in [0.05, 0.1) is 4.90 Å². The molecule has 0 amide bonds. The molecule has 0 saturated heterocycles. The summed E-state index contributed by atoms with van der Waals surface area (Å²) in [7, 11) is -4.09. The zero-order valence-electron chi connectivity index (χ0n) is 10.4. The van der Waals surface area contributed by atoms with Gasteiger partial charge in [-0.2, -0.15) is 8.42 Å². The van der Waals surface area contributed by atoms with Crippen LogP contribution in [0.15, 0.2) is 23.1 Å². The summed E-state index contributed by atoms with van der Waals surface area (Å²) in [4.78, 5) is 0.0329. The van der Waals surface area contributed by atoms with Gasteiger partial charge in [-0.25, -0.2) is 0 Å². The maximum Gasteiger partial charge on any atom is 0.294 e. The summed E-state index contributed by atoms with van der Waals surface area (Å²) in [6, 6.07) is 5.25. The summed E-state index contributed by atoms with van der Waals surface area (Å²) in [6.07, 6.45) is 5.47. The molecule has 1 aromatic carbocycles. The smallest absolute Gasteiger partial charge is 0.282 e. The molecule has 3 nitrogen and oxygen atoms in total. The van der Waals surface area contributed by atoms with Gasteiger partial charge in [0.1, 0.15) is 0 Å². The van der Waals surface area contributed by atoms with Gasteiger partial charge in [-0.15, -0.1) is 0 Å². The first-order valence-corrected chi connectivity index (χ1v) is 7.46. The SMILES string of the molecule is CCCCCCc1ccc(C)c(S(=O)(=O)O)c1. The van der Waals surface area contributed by atoms with Gasteiger partial charge in [-0.1, -0.05) is 38.3 Å². The fraction of sp³-hybridized carbons (Fsp3) is 0.538. The summed E-state index contributed by atoms with van der Waals surface area (Å²) >= 11 is 0. The standard InChI is InChI=1S/C13H20O3S/c1-3-4-5-6-7-12-9-8-11(2)13(10-12)17(14,15)16/h8-10H,3-7H2,1-2H3,(H,14,15,16). The molecule has 1 N–H and O–H groups in total. The van der Waals surface area contributed by atoms with Crippen molar-refractivity contribution in [1.29, 1.82) is 0 Å². The minimum atomic E-state index is -4.09. The lowest BCUT2D eigenvalue weighted by Gasteiger charge is -2.06. The number of hydrogen-bond acceptors (Lipinski definition) is 2. The van der Waals surface area contributed by atoms with Crippen LogP contribution in [0.5, 0.6) is 0 Å². The van der Waals surface area contributed by atoms with E-state index in [4.69, 9.17) is 4.55 Å². The lowest BCUT2D eigenvalue weighted by atomic mass is 10.1. The molecule has 0 saturated carbocycles. The monoisotopic (exact) mass is 256 g/mol. The average molecular weight is 256 g/mol. The fourth-order valence-corrected chi connectivity index (χ4v) is 2.61. The maximum atomic E-state index is 11.1. The van der Waals surface area contributed by atoms with Crippen molar-refractivity contribution in [1.82, 2.24) is 0 Å². The average Bonchev–Trinajstić information content (AvgIpc) is 2.25. The van der Waals surface area contributed by atoms with Crippen molar-refractivity contribution in [3.05, 3.63) is 29.3 Å². The maximum absolute atomic E-state index is 11.1. The van der Waals surface area contributed by atoms with E-state index >= 15 is 0 Å². The quantitative estimate of drug-likeness (QED) is 0.627. The van der Waals surface area contributed by atoms with Gasteiger partial charge < -0.3 is 0 Å². The second kappa shape index (κ2) is 6.17. The third kappa shape index (κ3) is 4.48. The minimum absolute atomic E-state index is 0.0329. The molecule has 0 unspecified atom stereocenters. The molecule has 4 heteroatoms. The molecule has 0 atom stereocenters. The molecule has 0 aliphatic carbocycles. The van der Waals surface area contributed by atoms with E-state index in [9.17, 15) is 8.42 Å². The molecule has 17 heavy (non-hydrogen) atoms. The number of hydrogen-bond donors (Lipinski definition) is 1. The van der Waals surface area contributed by atoms with E-state index in [-0.39, 0.29) is 4.90 Å². The highest BCUT2D eigenvalue weighted by Gasteiger charge is 2.13. The first-order chi connectivity index (χ1) is 7.95. The van der Waals surface area contributed by atoms with E-state index in [0.29, 0.717) is 5.56 Å². The molecule has 1 rings (SSSR count). The summed E-state index contributed by atoms with van der Waals surface area (Å²) in [5, 5.41) is 0. The highest BCUT2D eigenvalue weighted by Crippen LogP contribution is 2.18. The van der Waals surface area contributed by atoms with Crippen LogP contribution >= 0.6 is 0 Å². The Morgan fingerprint density at radius 1 is 1.18 bits per heavy atom. The predicted octanol–water partition coefficient (Wildman–Crippen LogP) is 3.36. The third-order valence-corrected chi connectivity index (χ3v) is 3.85. The predicted molar refractivity (Wildman–Crippen MR) is 68.8 cm³/mol. The number of unbranched alkanes of at least 4 members (excludes halogenated alkanes) is 3. The van der Waals surface area contributed by atoms with Crippen molar-refractivity contribution in [3.8, 4) is 0 Å². The highest BCUT2D eigenvalue weighted by atomic mass is 32.2. The van der Waals surface area contributed by atoms with E-state index in [2.05, 4.69) is 6.92 Å². The van der Waals surface area contributed by atoms with Crippen molar-refractivity contribution in [2.45, 2.75) is 50.8 Å². The Bertz CT molecular complexity index is 464. The Kier molecular flexibility index (Phi) is 5.15. The molecular weight excluding hydrogens is 236 g/mol. The summed E-state index contributed by atoms with van der Waals surface area (Å²) in [6.45, 7) is 3.84. The van der Waals surface area contributed by atoms with Gasteiger partial charge in [0.25, 0.3) is 10.1 Å². The molecule has 0 radical (unpaired) electrons. The Hall–Kier alpha value is -0.870. The number of aryl methyl sites for hydroxylation is 2. The molecule has 0 aromatic heterocycles. The second-order valence-electron chi connectivity index (χ2n) is 4.39. The summed E-state index contributed by atoms with van der Waals surface area (Å²) in [5.74, 6) is 0. The molecular formula is C13H20O3S. The van der Waals surface area contributed by atoms with Gasteiger partial charge in [-0.05, 0) is 37.0 Å². The van der Waals surface area contributed by atoms with E-state index in [0.717, 1.165) is 24.8 Å². The Morgan fingerprint density at radius 3 is 2.47 bits per heavy atom. The second-order valence-corrected chi connectivity index (χ2v) is 5.78. The van der Waals surface area contributed by atoms with Crippen LogP contribution in [0.3, 0.4) is 0 Å². The largest absolute Gasteiger partial charge is 0.294 e. The van der Waals surface area contributed by atoms with Crippen molar-refractivity contribution in [3.63, 3.8) is 0 Å². The molecule has 96 valence electrons. The van der Waals surface area contributed by atoms with E-state index < -0.39 is 10.1 Å². The lowest BCUT2D eigenvalue weighted by molar-refractivity contribution is 0.482. The van der Waals surface area contributed by atoms with Crippen LogP contribution in [-0.4, -0.2) is 13.0 Å². The highest BCUT2D eigenvalue weighted by molar-refractivity contribution is 7.85. The first kappa shape index (κ1) is 14.2. The van der Waals surface area contributed by atoms with Crippen LogP contribution in [0.1, 0.15) is 43.7 Å². The van der Waals surface area contributed by atoms with Crippen LogP contribution in [0.2, 0.25) is 0 Å². The fourth-order valence-electron chi connectivity index (χ4n) is 1.83. The van der Waals surface area contributed by atoms with Crippen LogP contribution in [-0.2, 0) is 16.5 Å². The van der Waals surface area contributed by atoms with Crippen LogP contribution in [0.4, 0.5) is 0 Å². The Morgan fingerprint density at radius 2 is 1.88 bits per heavy atom.